The molecule has 2 aliphatic heterocycles. The van der Waals surface area contributed by atoms with E-state index in [9.17, 15) is 9.59 Å². The molecular formula is C24H37N5O3. The van der Waals surface area contributed by atoms with E-state index in [-0.39, 0.29) is 23.7 Å². The maximum absolute atomic E-state index is 12.9. The Balaban J connectivity index is 1.41. The number of rotatable bonds is 7. The summed E-state index contributed by atoms with van der Waals surface area (Å²) in [6, 6.07) is 1.98. The van der Waals surface area contributed by atoms with E-state index in [1.165, 1.54) is 19.3 Å². The monoisotopic (exact) mass is 443 g/mol. The van der Waals surface area contributed by atoms with Crippen LogP contribution in [0.3, 0.4) is 0 Å². The van der Waals surface area contributed by atoms with Crippen molar-refractivity contribution >= 4 is 17.6 Å². The number of carbonyl (C=O) groups excluding carboxylic acids is 2. The number of nitrogens with zero attached hydrogens (tertiary/aromatic N) is 4. The fraction of sp³-hybridized carbons (Fsp3) is 0.750. The Bertz CT molecular complexity index is 803. The van der Waals surface area contributed by atoms with Gasteiger partial charge in [0, 0.05) is 70.6 Å². The molecule has 1 atom stereocenters. The third-order valence-electron chi connectivity index (χ3n) is 7.34. The molecule has 1 saturated carbocycles. The minimum absolute atomic E-state index is 0.0844. The molecule has 2 amide bonds. The molecule has 1 aliphatic carbocycles. The van der Waals surface area contributed by atoms with Crippen molar-refractivity contribution in [2.24, 2.45) is 5.92 Å². The summed E-state index contributed by atoms with van der Waals surface area (Å²) in [5.74, 6) is 2.73. The lowest BCUT2D eigenvalue weighted by molar-refractivity contribution is -0.137. The summed E-state index contributed by atoms with van der Waals surface area (Å²) in [4.78, 5) is 38.9. The summed E-state index contributed by atoms with van der Waals surface area (Å²) >= 11 is 0. The van der Waals surface area contributed by atoms with Gasteiger partial charge in [0.15, 0.2) is 0 Å². The molecule has 0 radical (unpaired) electrons. The van der Waals surface area contributed by atoms with Crippen molar-refractivity contribution in [2.45, 2.75) is 63.2 Å². The van der Waals surface area contributed by atoms with Crippen LogP contribution in [-0.2, 0) is 14.3 Å². The van der Waals surface area contributed by atoms with Gasteiger partial charge < -0.3 is 19.9 Å². The second-order valence-corrected chi connectivity index (χ2v) is 9.45. The Morgan fingerprint density at radius 1 is 1.12 bits per heavy atom. The molecule has 3 heterocycles. The summed E-state index contributed by atoms with van der Waals surface area (Å²) in [5.41, 5.74) is 0.938. The maximum atomic E-state index is 12.9. The normalized spacial score (nSPS) is 23.1. The van der Waals surface area contributed by atoms with E-state index in [1.807, 2.05) is 18.0 Å². The predicted molar refractivity (Wildman–Crippen MR) is 123 cm³/mol. The summed E-state index contributed by atoms with van der Waals surface area (Å²) < 4.78 is 5.13. The van der Waals surface area contributed by atoms with Gasteiger partial charge in [0.05, 0.1) is 12.3 Å². The zero-order valence-corrected chi connectivity index (χ0v) is 19.5. The molecule has 1 aromatic heterocycles. The van der Waals surface area contributed by atoms with Crippen LogP contribution in [0, 0.1) is 5.92 Å². The van der Waals surface area contributed by atoms with Crippen LogP contribution in [0.25, 0.3) is 0 Å². The third kappa shape index (κ3) is 5.22. The van der Waals surface area contributed by atoms with E-state index in [0.717, 1.165) is 56.1 Å². The second-order valence-electron chi connectivity index (χ2n) is 9.45. The topological polar surface area (TPSA) is 87.7 Å². The summed E-state index contributed by atoms with van der Waals surface area (Å²) in [7, 11) is 3.52. The zero-order valence-electron chi connectivity index (χ0n) is 19.5. The van der Waals surface area contributed by atoms with Crippen molar-refractivity contribution in [1.82, 2.24) is 19.8 Å². The summed E-state index contributed by atoms with van der Waals surface area (Å²) in [6.45, 7) is 3.42. The number of aromatic nitrogens is 2. The predicted octanol–water partition coefficient (Wildman–Crippen LogP) is 2.77. The Morgan fingerprint density at radius 2 is 1.88 bits per heavy atom. The van der Waals surface area contributed by atoms with E-state index in [4.69, 9.17) is 14.7 Å². The molecule has 0 aromatic carbocycles. The molecule has 0 spiro atoms. The van der Waals surface area contributed by atoms with Crippen LogP contribution in [0.1, 0.15) is 74.7 Å². The first-order chi connectivity index (χ1) is 15.6. The van der Waals surface area contributed by atoms with E-state index in [2.05, 4.69) is 10.2 Å². The van der Waals surface area contributed by atoms with Crippen molar-refractivity contribution in [3.63, 3.8) is 0 Å². The number of hydrogen-bond acceptors (Lipinski definition) is 6. The molecule has 32 heavy (non-hydrogen) atoms. The maximum Gasteiger partial charge on any atom is 0.225 e. The quantitative estimate of drug-likeness (QED) is 0.697. The SMILES string of the molecule is CNc1cc(C2CC(=O)N(CCOC)C2)nc(C2CCN(C(=O)C3CCCCC3)CC2)n1. The highest BCUT2D eigenvalue weighted by Gasteiger charge is 2.34. The summed E-state index contributed by atoms with van der Waals surface area (Å²) in [6.07, 6.45) is 8.03. The molecule has 2 saturated heterocycles. The Hall–Kier alpha value is -2.22. The van der Waals surface area contributed by atoms with Gasteiger partial charge in [0.2, 0.25) is 11.8 Å². The molecular weight excluding hydrogens is 406 g/mol. The van der Waals surface area contributed by atoms with Crippen LogP contribution in [0.5, 0.6) is 0 Å². The number of piperidine rings is 1. The molecule has 3 fully saturated rings. The summed E-state index contributed by atoms with van der Waals surface area (Å²) in [5, 5.41) is 3.16. The highest BCUT2D eigenvalue weighted by atomic mass is 16.5. The first-order valence-electron chi connectivity index (χ1n) is 12.2. The van der Waals surface area contributed by atoms with Gasteiger partial charge in [-0.2, -0.15) is 0 Å². The molecule has 1 unspecified atom stereocenters. The number of nitrogens with one attached hydrogen (secondary N) is 1. The number of amides is 2. The fourth-order valence-corrected chi connectivity index (χ4v) is 5.36. The lowest BCUT2D eigenvalue weighted by Gasteiger charge is -2.35. The van der Waals surface area contributed by atoms with Gasteiger partial charge in [-0.05, 0) is 25.7 Å². The van der Waals surface area contributed by atoms with Gasteiger partial charge in [-0.15, -0.1) is 0 Å². The van der Waals surface area contributed by atoms with Gasteiger partial charge in [0.1, 0.15) is 11.6 Å². The number of ether oxygens (including phenoxy) is 1. The number of carbonyl (C=O) groups is 2. The standard InChI is InChI=1S/C24H37N5O3/c1-25-21-15-20(19-14-22(30)29(16-19)12-13-32-2)26-23(27-21)17-8-10-28(11-9-17)24(31)18-6-4-3-5-7-18/h15,17-19H,3-14,16H2,1-2H3,(H,25,26,27). The minimum atomic E-state index is 0.0844. The van der Waals surface area contributed by atoms with E-state index >= 15 is 0 Å². The third-order valence-corrected chi connectivity index (χ3v) is 7.34. The molecule has 1 aromatic rings. The smallest absolute Gasteiger partial charge is 0.225 e. The van der Waals surface area contributed by atoms with Crippen LogP contribution in [0.15, 0.2) is 6.07 Å². The first-order valence-corrected chi connectivity index (χ1v) is 12.2. The van der Waals surface area contributed by atoms with E-state index in [1.54, 1.807) is 7.11 Å². The number of hydrogen-bond donors (Lipinski definition) is 1. The Kier molecular flexibility index (Phi) is 7.60. The van der Waals surface area contributed by atoms with Crippen LogP contribution < -0.4 is 5.32 Å². The van der Waals surface area contributed by atoms with Gasteiger partial charge in [-0.1, -0.05) is 19.3 Å². The highest BCUT2D eigenvalue weighted by molar-refractivity contribution is 5.80. The van der Waals surface area contributed by atoms with Gasteiger partial charge in [0.25, 0.3) is 0 Å². The van der Waals surface area contributed by atoms with Crippen molar-refractivity contribution in [3.05, 3.63) is 17.6 Å². The van der Waals surface area contributed by atoms with E-state index < -0.39 is 0 Å². The molecule has 0 bridgehead atoms. The molecule has 176 valence electrons. The second kappa shape index (κ2) is 10.6. The number of likely N-dealkylation sites (tertiary alicyclic amines) is 2. The van der Waals surface area contributed by atoms with Crippen LogP contribution >= 0.6 is 0 Å². The lowest BCUT2D eigenvalue weighted by Crippen LogP contribution is -2.42. The average molecular weight is 444 g/mol. The van der Waals surface area contributed by atoms with E-state index in [0.29, 0.717) is 32.0 Å². The molecule has 1 N–H and O–H groups in total. The van der Waals surface area contributed by atoms with Crippen molar-refractivity contribution in [1.29, 1.82) is 0 Å². The van der Waals surface area contributed by atoms with Crippen molar-refractivity contribution < 1.29 is 14.3 Å². The first kappa shape index (κ1) is 23.0. The zero-order chi connectivity index (χ0) is 22.5. The minimum Gasteiger partial charge on any atom is -0.383 e. The van der Waals surface area contributed by atoms with Crippen LogP contribution in [0.4, 0.5) is 5.82 Å². The molecule has 4 rings (SSSR count). The molecule has 8 heteroatoms. The van der Waals surface area contributed by atoms with Crippen molar-refractivity contribution in [3.8, 4) is 0 Å². The molecule has 3 aliphatic rings. The van der Waals surface area contributed by atoms with Gasteiger partial charge in [-0.25, -0.2) is 9.97 Å². The Morgan fingerprint density at radius 3 is 2.56 bits per heavy atom. The van der Waals surface area contributed by atoms with Crippen molar-refractivity contribution in [2.75, 3.05) is 52.3 Å². The Labute approximate surface area is 191 Å². The number of methoxy groups -OCH3 is 1. The molecule has 8 nitrogen and oxygen atoms in total. The van der Waals surface area contributed by atoms with Crippen LogP contribution in [0.2, 0.25) is 0 Å². The van der Waals surface area contributed by atoms with Crippen LogP contribution in [-0.4, -0.2) is 78.5 Å². The largest absolute Gasteiger partial charge is 0.383 e. The number of anilines is 1. The van der Waals surface area contributed by atoms with Gasteiger partial charge >= 0.3 is 0 Å². The highest BCUT2D eigenvalue weighted by Crippen LogP contribution is 2.33. The lowest BCUT2D eigenvalue weighted by atomic mass is 9.87. The van der Waals surface area contributed by atoms with Gasteiger partial charge in [-0.3, -0.25) is 9.59 Å². The fourth-order valence-electron chi connectivity index (χ4n) is 5.36. The average Bonchev–Trinajstić information content (AvgIpc) is 3.23.